The minimum atomic E-state index is -0.528. The minimum Gasteiger partial charge on any atom is -0.495 e. The van der Waals surface area contributed by atoms with Crippen LogP contribution in [0.1, 0.15) is 11.1 Å². The Labute approximate surface area is 167 Å². The Kier molecular flexibility index (Phi) is 6.10. The monoisotopic (exact) mass is 392 g/mol. The molecule has 3 rings (SSSR count). The lowest BCUT2D eigenvalue weighted by molar-refractivity contribution is -0.112. The second-order valence-corrected chi connectivity index (χ2v) is 6.34. The van der Waals surface area contributed by atoms with Gasteiger partial charge in [-0.15, -0.1) is 0 Å². The van der Waals surface area contributed by atoms with Crippen LogP contribution in [0.2, 0.25) is 5.02 Å². The highest BCUT2D eigenvalue weighted by molar-refractivity contribution is 6.32. The molecule has 0 saturated heterocycles. The average molecular weight is 393 g/mol. The van der Waals surface area contributed by atoms with Crippen LogP contribution < -0.4 is 10.1 Å². The summed E-state index contributed by atoms with van der Waals surface area (Å²) in [6.45, 7) is 0.604. The van der Waals surface area contributed by atoms with Crippen molar-refractivity contribution in [2.24, 2.45) is 0 Å². The molecule has 1 aromatic heterocycles. The summed E-state index contributed by atoms with van der Waals surface area (Å²) >= 11 is 6.06. The van der Waals surface area contributed by atoms with E-state index >= 15 is 0 Å². The number of nitrogens with zero attached hydrogens (tertiary/aromatic N) is 3. The van der Waals surface area contributed by atoms with Crippen molar-refractivity contribution in [3.8, 4) is 11.8 Å². The van der Waals surface area contributed by atoms with Gasteiger partial charge in [-0.3, -0.25) is 9.48 Å². The molecule has 140 valence electrons. The number of methoxy groups -OCH3 is 1. The highest BCUT2D eigenvalue weighted by Gasteiger charge is 2.11. The van der Waals surface area contributed by atoms with Crippen LogP contribution in [0, 0.1) is 11.3 Å². The van der Waals surface area contributed by atoms with Crippen LogP contribution in [0.4, 0.5) is 5.69 Å². The lowest BCUT2D eigenvalue weighted by atomic mass is 10.2. The van der Waals surface area contributed by atoms with Gasteiger partial charge in [-0.2, -0.15) is 10.4 Å². The molecule has 0 fully saturated rings. The molecule has 0 aliphatic rings. The molecule has 0 bridgehead atoms. The zero-order chi connectivity index (χ0) is 19.9. The van der Waals surface area contributed by atoms with Crippen molar-refractivity contribution >= 4 is 29.3 Å². The third-order valence-electron chi connectivity index (χ3n) is 3.93. The van der Waals surface area contributed by atoms with Gasteiger partial charge in [-0.1, -0.05) is 41.9 Å². The SMILES string of the molecule is COc1ccc(NC(=O)/C(C#N)=C/c2cnn(Cc3ccccc3)c2)cc1Cl. The van der Waals surface area contributed by atoms with E-state index in [0.717, 1.165) is 5.56 Å². The molecule has 28 heavy (non-hydrogen) atoms. The molecule has 6 nitrogen and oxygen atoms in total. The third kappa shape index (κ3) is 4.78. The number of nitriles is 1. The Morgan fingerprint density at radius 1 is 1.32 bits per heavy atom. The summed E-state index contributed by atoms with van der Waals surface area (Å²) in [5, 5.41) is 16.7. The quantitative estimate of drug-likeness (QED) is 0.505. The van der Waals surface area contributed by atoms with Gasteiger partial charge in [0.15, 0.2) is 0 Å². The van der Waals surface area contributed by atoms with E-state index < -0.39 is 5.91 Å². The van der Waals surface area contributed by atoms with Crippen LogP contribution in [0.5, 0.6) is 5.75 Å². The van der Waals surface area contributed by atoms with Gasteiger partial charge in [0.05, 0.1) is 24.9 Å². The predicted molar refractivity (Wildman–Crippen MR) is 108 cm³/mol. The van der Waals surface area contributed by atoms with Gasteiger partial charge in [-0.05, 0) is 29.8 Å². The molecule has 0 unspecified atom stereocenters. The summed E-state index contributed by atoms with van der Waals surface area (Å²) in [5.41, 5.74) is 2.20. The number of benzene rings is 2. The Morgan fingerprint density at radius 2 is 2.11 bits per heavy atom. The van der Waals surface area contributed by atoms with E-state index in [1.807, 2.05) is 36.4 Å². The first-order chi connectivity index (χ1) is 13.6. The number of halogens is 1. The van der Waals surface area contributed by atoms with Crippen LogP contribution in [-0.2, 0) is 11.3 Å². The first-order valence-electron chi connectivity index (χ1n) is 8.42. The molecular formula is C21H17ClN4O2. The molecule has 7 heteroatoms. The Bertz CT molecular complexity index is 1050. The van der Waals surface area contributed by atoms with Crippen LogP contribution >= 0.6 is 11.6 Å². The molecule has 0 atom stereocenters. The lowest BCUT2D eigenvalue weighted by Gasteiger charge is -2.07. The fourth-order valence-corrected chi connectivity index (χ4v) is 2.83. The summed E-state index contributed by atoms with van der Waals surface area (Å²) in [7, 11) is 1.51. The highest BCUT2D eigenvalue weighted by atomic mass is 35.5. The van der Waals surface area contributed by atoms with Crippen molar-refractivity contribution in [3.05, 3.63) is 82.6 Å². The number of aromatic nitrogens is 2. The van der Waals surface area contributed by atoms with E-state index in [0.29, 0.717) is 28.6 Å². The first-order valence-corrected chi connectivity index (χ1v) is 8.80. The van der Waals surface area contributed by atoms with E-state index in [1.54, 1.807) is 35.3 Å². The number of hydrogen-bond acceptors (Lipinski definition) is 4. The van der Waals surface area contributed by atoms with Crippen LogP contribution in [0.3, 0.4) is 0 Å². The van der Waals surface area contributed by atoms with E-state index in [9.17, 15) is 10.1 Å². The largest absolute Gasteiger partial charge is 0.495 e. The fourth-order valence-electron chi connectivity index (χ4n) is 2.57. The van der Waals surface area contributed by atoms with Gasteiger partial charge in [-0.25, -0.2) is 0 Å². The fraction of sp³-hybridized carbons (Fsp3) is 0.0952. The topological polar surface area (TPSA) is 79.9 Å². The van der Waals surface area contributed by atoms with Gasteiger partial charge in [0, 0.05) is 17.4 Å². The van der Waals surface area contributed by atoms with Crippen LogP contribution in [0.15, 0.2) is 66.5 Å². The standard InChI is InChI=1S/C21H17ClN4O2/c1-28-20-8-7-18(10-19(20)22)25-21(27)17(11-23)9-16-12-24-26(14-16)13-15-5-3-2-4-6-15/h2-10,12,14H,13H2,1H3,(H,25,27)/b17-9+. The van der Waals surface area contributed by atoms with Gasteiger partial charge >= 0.3 is 0 Å². The van der Waals surface area contributed by atoms with Crippen molar-refractivity contribution < 1.29 is 9.53 Å². The third-order valence-corrected chi connectivity index (χ3v) is 4.22. The molecule has 2 aromatic carbocycles. The summed E-state index contributed by atoms with van der Waals surface area (Å²) in [4.78, 5) is 12.4. The van der Waals surface area contributed by atoms with Crippen LogP contribution in [0.25, 0.3) is 6.08 Å². The molecule has 1 amide bonds. The Hall–Kier alpha value is -3.56. The number of hydrogen-bond donors (Lipinski definition) is 1. The van der Waals surface area contributed by atoms with Crippen molar-refractivity contribution in [3.63, 3.8) is 0 Å². The molecule has 0 aliphatic heterocycles. The van der Waals surface area contributed by atoms with Crippen molar-refractivity contribution in [2.45, 2.75) is 6.54 Å². The summed E-state index contributed by atoms with van der Waals surface area (Å²) in [6.07, 6.45) is 4.88. The average Bonchev–Trinajstić information content (AvgIpc) is 3.14. The zero-order valence-corrected chi connectivity index (χ0v) is 15.8. The second-order valence-electron chi connectivity index (χ2n) is 5.93. The predicted octanol–water partition coefficient (Wildman–Crippen LogP) is 4.14. The first kappa shape index (κ1) is 19.2. The molecule has 0 spiro atoms. The number of rotatable bonds is 6. The molecule has 1 heterocycles. The normalized spacial score (nSPS) is 11.0. The molecule has 1 N–H and O–H groups in total. The summed E-state index contributed by atoms with van der Waals surface area (Å²) in [6, 6.07) is 16.7. The maximum Gasteiger partial charge on any atom is 0.266 e. The Morgan fingerprint density at radius 3 is 2.79 bits per heavy atom. The maximum atomic E-state index is 12.4. The number of carbonyl (C=O) groups is 1. The Balaban J connectivity index is 1.72. The smallest absolute Gasteiger partial charge is 0.266 e. The molecule has 3 aromatic rings. The highest BCUT2D eigenvalue weighted by Crippen LogP contribution is 2.27. The van der Waals surface area contributed by atoms with Gasteiger partial charge in [0.2, 0.25) is 0 Å². The van der Waals surface area contributed by atoms with Gasteiger partial charge in [0.25, 0.3) is 5.91 Å². The van der Waals surface area contributed by atoms with Gasteiger partial charge in [0.1, 0.15) is 17.4 Å². The van der Waals surface area contributed by atoms with E-state index in [2.05, 4.69) is 10.4 Å². The van der Waals surface area contributed by atoms with Crippen LogP contribution in [-0.4, -0.2) is 22.8 Å². The van der Waals surface area contributed by atoms with Gasteiger partial charge < -0.3 is 10.1 Å². The number of ether oxygens (including phenoxy) is 1. The van der Waals surface area contributed by atoms with Crippen molar-refractivity contribution in [2.75, 3.05) is 12.4 Å². The zero-order valence-electron chi connectivity index (χ0n) is 15.1. The summed E-state index contributed by atoms with van der Waals surface area (Å²) in [5.74, 6) is -0.0268. The van der Waals surface area contributed by atoms with Crippen molar-refractivity contribution in [1.82, 2.24) is 9.78 Å². The number of nitrogens with one attached hydrogen (secondary N) is 1. The molecule has 0 radical (unpaired) electrons. The molecular weight excluding hydrogens is 376 g/mol. The number of amides is 1. The second kappa shape index (κ2) is 8.89. The lowest BCUT2D eigenvalue weighted by Crippen LogP contribution is -2.13. The number of anilines is 1. The van der Waals surface area contributed by atoms with E-state index in [-0.39, 0.29) is 5.57 Å². The summed E-state index contributed by atoms with van der Waals surface area (Å²) < 4.78 is 6.83. The molecule has 0 aliphatic carbocycles. The maximum absolute atomic E-state index is 12.4. The molecule has 0 saturated carbocycles. The van der Waals surface area contributed by atoms with Crippen molar-refractivity contribution in [1.29, 1.82) is 5.26 Å². The van der Waals surface area contributed by atoms with E-state index in [1.165, 1.54) is 13.2 Å². The van der Waals surface area contributed by atoms with E-state index in [4.69, 9.17) is 16.3 Å². The number of carbonyl (C=O) groups excluding carboxylic acids is 1. The minimum absolute atomic E-state index is 0.0359.